The Morgan fingerprint density at radius 3 is 2.41 bits per heavy atom. The lowest BCUT2D eigenvalue weighted by Gasteiger charge is -2.20. The number of aldehydes is 1. The van der Waals surface area contributed by atoms with Crippen molar-refractivity contribution >= 4 is 17.1 Å². The Morgan fingerprint density at radius 1 is 1.09 bits per heavy atom. The van der Waals surface area contributed by atoms with E-state index in [1.807, 2.05) is 25.1 Å². The molecule has 0 heterocycles. The summed E-state index contributed by atoms with van der Waals surface area (Å²) in [5, 5.41) is 1.83. The molecule has 0 bridgehead atoms. The summed E-state index contributed by atoms with van der Waals surface area (Å²) in [5.74, 6) is 1.27. The van der Waals surface area contributed by atoms with Crippen molar-refractivity contribution in [1.29, 1.82) is 0 Å². The first-order valence-electron chi connectivity index (χ1n) is 7.44. The van der Waals surface area contributed by atoms with E-state index in [4.69, 9.17) is 14.2 Å². The molecule has 0 radical (unpaired) electrons. The largest absolute Gasteiger partial charge is 0.493 e. The predicted molar refractivity (Wildman–Crippen MR) is 87.1 cm³/mol. The summed E-state index contributed by atoms with van der Waals surface area (Å²) in [6, 6.07) is 5.97. The molecule has 0 aliphatic rings. The van der Waals surface area contributed by atoms with E-state index in [0.29, 0.717) is 23.5 Å². The Labute approximate surface area is 131 Å². The van der Waals surface area contributed by atoms with Crippen LogP contribution in [0.4, 0.5) is 0 Å². The van der Waals surface area contributed by atoms with Crippen molar-refractivity contribution in [1.82, 2.24) is 0 Å². The second-order valence-electron chi connectivity index (χ2n) is 4.97. The van der Waals surface area contributed by atoms with Gasteiger partial charge in [0.2, 0.25) is 0 Å². The highest BCUT2D eigenvalue weighted by Crippen LogP contribution is 2.43. The summed E-state index contributed by atoms with van der Waals surface area (Å²) in [5.41, 5.74) is 2.66. The number of rotatable bonds is 7. The van der Waals surface area contributed by atoms with Gasteiger partial charge in [-0.3, -0.25) is 4.79 Å². The van der Waals surface area contributed by atoms with E-state index in [9.17, 15) is 4.79 Å². The van der Waals surface area contributed by atoms with Gasteiger partial charge >= 0.3 is 0 Å². The molecule has 0 aliphatic carbocycles. The van der Waals surface area contributed by atoms with Gasteiger partial charge in [-0.2, -0.15) is 0 Å². The maximum Gasteiger partial charge on any atom is 0.188 e. The van der Waals surface area contributed by atoms with Crippen molar-refractivity contribution < 1.29 is 19.0 Å². The summed E-state index contributed by atoms with van der Waals surface area (Å²) in [6.07, 6.45) is 2.43. The lowest BCUT2D eigenvalue weighted by atomic mass is 9.92. The fourth-order valence-electron chi connectivity index (χ4n) is 2.88. The highest BCUT2D eigenvalue weighted by molar-refractivity contribution is 6.06. The molecule has 0 aromatic heterocycles. The normalized spacial score (nSPS) is 10.7. The molecular formula is C18H22O4. The zero-order valence-electron chi connectivity index (χ0n) is 13.6. The van der Waals surface area contributed by atoms with Gasteiger partial charge in [0.05, 0.1) is 7.11 Å². The number of hydrogen-bond donors (Lipinski definition) is 0. The van der Waals surface area contributed by atoms with Gasteiger partial charge in [-0.25, -0.2) is 0 Å². The Bertz CT molecular complexity index is 677. The van der Waals surface area contributed by atoms with Gasteiger partial charge in [0.15, 0.2) is 24.6 Å². The fourth-order valence-corrected chi connectivity index (χ4v) is 2.88. The van der Waals surface area contributed by atoms with Gasteiger partial charge in [0.1, 0.15) is 0 Å². The molecule has 4 heteroatoms. The topological polar surface area (TPSA) is 44.8 Å². The van der Waals surface area contributed by atoms with Gasteiger partial charge in [-0.15, -0.1) is 0 Å². The zero-order chi connectivity index (χ0) is 16.1. The Balaban J connectivity index is 2.94. The van der Waals surface area contributed by atoms with Crippen LogP contribution in [0.5, 0.6) is 11.5 Å². The van der Waals surface area contributed by atoms with Gasteiger partial charge < -0.3 is 14.2 Å². The summed E-state index contributed by atoms with van der Waals surface area (Å²) in [6.45, 7) is 4.21. The Hall–Kier alpha value is -2.07. The summed E-state index contributed by atoms with van der Waals surface area (Å²) in [4.78, 5) is 11.7. The molecule has 0 fully saturated rings. The van der Waals surface area contributed by atoms with Crippen molar-refractivity contribution in [2.24, 2.45) is 0 Å². The first-order chi connectivity index (χ1) is 10.7. The first kappa shape index (κ1) is 16.3. The molecule has 0 saturated carbocycles. The van der Waals surface area contributed by atoms with E-state index in [1.165, 1.54) is 0 Å². The zero-order valence-corrected chi connectivity index (χ0v) is 13.6. The van der Waals surface area contributed by atoms with Crippen LogP contribution in [-0.2, 0) is 17.6 Å². The minimum absolute atomic E-state index is 0.132. The maximum atomic E-state index is 11.7. The molecule has 4 nitrogen and oxygen atoms in total. The molecule has 0 unspecified atom stereocenters. The number of ether oxygens (including phenoxy) is 3. The van der Waals surface area contributed by atoms with E-state index in [0.717, 1.165) is 34.6 Å². The molecule has 0 N–H and O–H groups in total. The number of hydrogen-bond acceptors (Lipinski definition) is 4. The van der Waals surface area contributed by atoms with Gasteiger partial charge in [0.25, 0.3) is 0 Å². The molecule has 2 aromatic rings. The number of benzene rings is 2. The van der Waals surface area contributed by atoms with Crippen LogP contribution >= 0.6 is 0 Å². The minimum Gasteiger partial charge on any atom is -0.493 e. The second-order valence-corrected chi connectivity index (χ2v) is 4.97. The van der Waals surface area contributed by atoms with Crippen molar-refractivity contribution in [3.63, 3.8) is 0 Å². The van der Waals surface area contributed by atoms with Crippen LogP contribution in [-0.4, -0.2) is 27.3 Å². The van der Waals surface area contributed by atoms with Crippen LogP contribution in [0, 0.1) is 0 Å². The molecule has 2 aromatic carbocycles. The van der Waals surface area contributed by atoms with Gasteiger partial charge in [-0.05, 0) is 23.8 Å². The molecule has 118 valence electrons. The molecule has 0 atom stereocenters. The van der Waals surface area contributed by atoms with Crippen LogP contribution in [0.15, 0.2) is 18.2 Å². The Morgan fingerprint density at radius 2 is 1.86 bits per heavy atom. The number of carbonyl (C=O) groups is 1. The lowest BCUT2D eigenvalue weighted by molar-refractivity contribution is 0.0502. The van der Waals surface area contributed by atoms with E-state index in [2.05, 4.69) is 6.92 Å². The molecule has 2 rings (SSSR count). The SMILES string of the molecule is CCc1c(OC)c(OCOC)c2c(CC)cccc2c1C=O. The predicted octanol–water partition coefficient (Wildman–Crippen LogP) is 3.77. The van der Waals surface area contributed by atoms with Crippen molar-refractivity contribution in [3.8, 4) is 11.5 Å². The quantitative estimate of drug-likeness (QED) is 0.577. The minimum atomic E-state index is 0.132. The number of methoxy groups -OCH3 is 2. The van der Waals surface area contributed by atoms with Crippen LogP contribution in [0.1, 0.15) is 35.3 Å². The number of fused-ring (bicyclic) bond motifs is 1. The van der Waals surface area contributed by atoms with Crippen LogP contribution in [0.3, 0.4) is 0 Å². The third-order valence-corrected chi connectivity index (χ3v) is 3.85. The summed E-state index contributed by atoms with van der Waals surface area (Å²) < 4.78 is 16.4. The smallest absolute Gasteiger partial charge is 0.188 e. The van der Waals surface area contributed by atoms with Gasteiger partial charge in [-0.1, -0.05) is 32.0 Å². The summed E-state index contributed by atoms with van der Waals surface area (Å²) in [7, 11) is 3.18. The molecule has 0 spiro atoms. The van der Waals surface area contributed by atoms with E-state index in [-0.39, 0.29) is 6.79 Å². The molecule has 0 amide bonds. The van der Waals surface area contributed by atoms with E-state index >= 15 is 0 Å². The van der Waals surface area contributed by atoms with Crippen LogP contribution in [0.2, 0.25) is 0 Å². The van der Waals surface area contributed by atoms with Crippen LogP contribution in [0.25, 0.3) is 10.8 Å². The van der Waals surface area contributed by atoms with Crippen molar-refractivity contribution in [3.05, 3.63) is 34.9 Å². The molecule has 22 heavy (non-hydrogen) atoms. The number of aryl methyl sites for hydroxylation is 1. The second kappa shape index (κ2) is 7.27. The molecule has 0 aliphatic heterocycles. The van der Waals surface area contributed by atoms with Crippen molar-refractivity contribution in [2.75, 3.05) is 21.0 Å². The average Bonchev–Trinajstić information content (AvgIpc) is 2.57. The van der Waals surface area contributed by atoms with E-state index < -0.39 is 0 Å². The van der Waals surface area contributed by atoms with Crippen molar-refractivity contribution in [2.45, 2.75) is 26.7 Å². The highest BCUT2D eigenvalue weighted by atomic mass is 16.7. The first-order valence-corrected chi connectivity index (χ1v) is 7.44. The summed E-state index contributed by atoms with van der Waals surface area (Å²) >= 11 is 0. The average molecular weight is 302 g/mol. The van der Waals surface area contributed by atoms with E-state index in [1.54, 1.807) is 14.2 Å². The monoisotopic (exact) mass is 302 g/mol. The third kappa shape index (κ3) is 2.66. The fraction of sp³-hybridized carbons (Fsp3) is 0.389. The molecule has 0 saturated heterocycles. The third-order valence-electron chi connectivity index (χ3n) is 3.85. The highest BCUT2D eigenvalue weighted by Gasteiger charge is 2.21. The lowest BCUT2D eigenvalue weighted by Crippen LogP contribution is -2.07. The molecular weight excluding hydrogens is 280 g/mol. The maximum absolute atomic E-state index is 11.7. The van der Waals surface area contributed by atoms with Gasteiger partial charge in [0, 0.05) is 23.6 Å². The van der Waals surface area contributed by atoms with Crippen LogP contribution < -0.4 is 9.47 Å². The standard InChI is InChI=1S/C18H22O4/c1-5-12-8-7-9-14-15(10-19)13(6-2)17(21-4)18(16(12)14)22-11-20-3/h7-10H,5-6,11H2,1-4H3. The Kier molecular flexibility index (Phi) is 5.39. The number of carbonyl (C=O) groups excluding carboxylic acids is 1.